The first-order valence-corrected chi connectivity index (χ1v) is 9.54. The Morgan fingerprint density at radius 3 is 2.63 bits per heavy atom. The minimum atomic E-state index is -0.845. The topological polar surface area (TPSA) is 96.5 Å². The number of aromatic nitrogens is 2. The van der Waals surface area contributed by atoms with Gasteiger partial charge in [0, 0.05) is 24.7 Å². The van der Waals surface area contributed by atoms with E-state index >= 15 is 0 Å². The maximum absolute atomic E-state index is 13.3. The smallest absolute Gasteiger partial charge is 0.308 e. The molecule has 1 aliphatic carbocycles. The summed E-state index contributed by atoms with van der Waals surface area (Å²) in [6.07, 6.45) is 3.30. The van der Waals surface area contributed by atoms with E-state index in [9.17, 15) is 14.7 Å². The summed E-state index contributed by atoms with van der Waals surface area (Å²) in [6, 6.07) is 1.87. The number of carbonyl (C=O) groups is 2. The third-order valence-electron chi connectivity index (χ3n) is 5.29. The lowest BCUT2D eigenvalue weighted by atomic mass is 9.89. The summed E-state index contributed by atoms with van der Waals surface area (Å²) in [6.45, 7) is 7.03. The van der Waals surface area contributed by atoms with Crippen molar-refractivity contribution in [1.29, 1.82) is 0 Å². The molecule has 2 aliphatic rings. The summed E-state index contributed by atoms with van der Waals surface area (Å²) >= 11 is 0. The van der Waals surface area contributed by atoms with Gasteiger partial charge < -0.3 is 14.5 Å². The van der Waals surface area contributed by atoms with E-state index in [1.165, 1.54) is 0 Å². The lowest BCUT2D eigenvalue weighted by Gasteiger charge is -2.19. The average Bonchev–Trinajstić information content (AvgIpc) is 3.18. The Morgan fingerprint density at radius 1 is 1.30 bits per heavy atom. The third kappa shape index (κ3) is 3.55. The van der Waals surface area contributed by atoms with Gasteiger partial charge in [-0.2, -0.15) is 0 Å². The lowest BCUT2D eigenvalue weighted by molar-refractivity contribution is -0.141. The van der Waals surface area contributed by atoms with E-state index in [4.69, 9.17) is 4.52 Å². The predicted octanol–water partition coefficient (Wildman–Crippen LogP) is 3.24. The number of hydrogen-bond acceptors (Lipinski definition) is 5. The van der Waals surface area contributed by atoms with Crippen LogP contribution >= 0.6 is 0 Å². The minimum absolute atomic E-state index is 0.0126. The van der Waals surface area contributed by atoms with Crippen molar-refractivity contribution >= 4 is 23.0 Å². The molecule has 1 atom stereocenters. The van der Waals surface area contributed by atoms with Gasteiger partial charge in [0.25, 0.3) is 11.6 Å². The van der Waals surface area contributed by atoms with Crippen LogP contribution in [0.15, 0.2) is 10.6 Å². The molecule has 0 radical (unpaired) electrons. The van der Waals surface area contributed by atoms with E-state index in [-0.39, 0.29) is 17.9 Å². The Morgan fingerprint density at radius 2 is 2.04 bits per heavy atom. The van der Waals surface area contributed by atoms with Crippen LogP contribution in [0.1, 0.15) is 67.7 Å². The van der Waals surface area contributed by atoms with Gasteiger partial charge >= 0.3 is 5.97 Å². The quantitative estimate of drug-likeness (QED) is 0.886. The number of carbonyl (C=O) groups excluding carboxylic acids is 1. The van der Waals surface area contributed by atoms with E-state index in [0.717, 1.165) is 24.2 Å². The molecule has 1 unspecified atom stereocenters. The van der Waals surface area contributed by atoms with Gasteiger partial charge in [-0.15, -0.1) is 0 Å². The zero-order valence-corrected chi connectivity index (χ0v) is 16.0. The Bertz CT molecular complexity index is 908. The van der Waals surface area contributed by atoms with Crippen LogP contribution in [0, 0.1) is 11.3 Å². The maximum Gasteiger partial charge on any atom is 0.308 e. The fraction of sp³-hybridized carbons (Fsp3) is 0.600. The molecule has 27 heavy (non-hydrogen) atoms. The second kappa shape index (κ2) is 6.32. The van der Waals surface area contributed by atoms with Crippen LogP contribution in [0.3, 0.4) is 0 Å². The zero-order valence-electron chi connectivity index (χ0n) is 16.0. The minimum Gasteiger partial charge on any atom is -0.481 e. The van der Waals surface area contributed by atoms with Crippen LogP contribution in [0.4, 0.5) is 0 Å². The summed E-state index contributed by atoms with van der Waals surface area (Å²) in [5, 5.41) is 14.1. The van der Waals surface area contributed by atoms with Crippen LogP contribution in [-0.4, -0.2) is 45.1 Å². The molecule has 3 heterocycles. The summed E-state index contributed by atoms with van der Waals surface area (Å²) < 4.78 is 5.50. The number of hydrogen-bond donors (Lipinski definition) is 1. The molecule has 2 aromatic rings. The van der Waals surface area contributed by atoms with Gasteiger partial charge in [0.1, 0.15) is 0 Å². The Kier molecular flexibility index (Phi) is 4.20. The molecule has 4 rings (SSSR count). The van der Waals surface area contributed by atoms with Crippen molar-refractivity contribution in [2.24, 2.45) is 11.3 Å². The molecule has 1 saturated heterocycles. The number of fused-ring (bicyclic) bond motifs is 1. The van der Waals surface area contributed by atoms with Gasteiger partial charge in [-0.1, -0.05) is 25.9 Å². The largest absolute Gasteiger partial charge is 0.481 e. The SMILES string of the molecule is CC(C)(C)Cc1noc2nc(C3CC3)cc(C(=O)N3CCC(C(=O)O)C3)c12. The van der Waals surface area contributed by atoms with Gasteiger partial charge in [-0.25, -0.2) is 4.98 Å². The highest BCUT2D eigenvalue weighted by Gasteiger charge is 2.35. The van der Waals surface area contributed by atoms with E-state index in [0.29, 0.717) is 42.0 Å². The third-order valence-corrected chi connectivity index (χ3v) is 5.29. The number of nitrogens with zero attached hydrogens (tertiary/aromatic N) is 3. The molecule has 1 amide bonds. The highest BCUT2D eigenvalue weighted by atomic mass is 16.5. The lowest BCUT2D eigenvalue weighted by Crippen LogP contribution is -2.30. The van der Waals surface area contributed by atoms with Gasteiger partial charge in [0.2, 0.25) is 0 Å². The molecular weight excluding hydrogens is 346 g/mol. The van der Waals surface area contributed by atoms with E-state index in [1.807, 2.05) is 6.07 Å². The summed E-state index contributed by atoms with van der Waals surface area (Å²) in [7, 11) is 0. The normalized spacial score (nSPS) is 20.4. The number of aliphatic carboxylic acids is 1. The molecule has 2 aromatic heterocycles. The van der Waals surface area contributed by atoms with Gasteiger partial charge in [0.15, 0.2) is 0 Å². The molecular formula is C20H25N3O4. The highest BCUT2D eigenvalue weighted by molar-refractivity contribution is 6.06. The van der Waals surface area contributed by atoms with Crippen LogP contribution < -0.4 is 0 Å². The molecule has 7 nitrogen and oxygen atoms in total. The summed E-state index contributed by atoms with van der Waals surface area (Å²) in [4.78, 5) is 30.8. The van der Waals surface area contributed by atoms with Gasteiger partial charge in [-0.3, -0.25) is 9.59 Å². The predicted molar refractivity (Wildman–Crippen MR) is 98.6 cm³/mol. The fourth-order valence-electron chi connectivity index (χ4n) is 3.73. The molecule has 1 aliphatic heterocycles. The summed E-state index contributed by atoms with van der Waals surface area (Å²) in [5.41, 5.74) is 2.56. The van der Waals surface area contributed by atoms with Gasteiger partial charge in [-0.05, 0) is 37.2 Å². The van der Waals surface area contributed by atoms with Crippen molar-refractivity contribution in [2.45, 2.75) is 52.4 Å². The van der Waals surface area contributed by atoms with Crippen LogP contribution in [0.25, 0.3) is 11.1 Å². The molecule has 1 N–H and O–H groups in total. The number of rotatable bonds is 4. The second-order valence-electron chi connectivity index (χ2n) is 8.99. The van der Waals surface area contributed by atoms with Crippen molar-refractivity contribution in [3.05, 3.63) is 23.0 Å². The number of likely N-dealkylation sites (tertiary alicyclic amines) is 1. The van der Waals surface area contributed by atoms with Crippen molar-refractivity contribution in [3.63, 3.8) is 0 Å². The van der Waals surface area contributed by atoms with E-state index in [1.54, 1.807) is 4.90 Å². The van der Waals surface area contributed by atoms with Crippen molar-refractivity contribution in [3.8, 4) is 0 Å². The van der Waals surface area contributed by atoms with E-state index in [2.05, 4.69) is 30.9 Å². The van der Waals surface area contributed by atoms with Gasteiger partial charge in [0.05, 0.1) is 22.6 Å². The number of pyridine rings is 1. The van der Waals surface area contributed by atoms with Crippen molar-refractivity contribution in [2.75, 3.05) is 13.1 Å². The van der Waals surface area contributed by atoms with E-state index < -0.39 is 11.9 Å². The Balaban J connectivity index is 1.76. The van der Waals surface area contributed by atoms with Crippen molar-refractivity contribution in [1.82, 2.24) is 15.0 Å². The molecule has 0 aromatic carbocycles. The Hall–Kier alpha value is -2.44. The highest BCUT2D eigenvalue weighted by Crippen LogP contribution is 2.41. The van der Waals surface area contributed by atoms with Crippen LogP contribution in [-0.2, 0) is 11.2 Å². The van der Waals surface area contributed by atoms with Crippen molar-refractivity contribution < 1.29 is 19.2 Å². The number of carboxylic acid groups (broad SMARTS) is 1. The molecule has 1 saturated carbocycles. The van der Waals surface area contributed by atoms with Crippen LogP contribution in [0.5, 0.6) is 0 Å². The first-order chi connectivity index (χ1) is 12.7. The summed E-state index contributed by atoms with van der Waals surface area (Å²) in [5.74, 6) is -1.11. The standard InChI is InChI=1S/C20H25N3O4/c1-20(2,3)9-15-16-13(18(24)23-7-6-12(10-23)19(25)26)8-14(11-4-5-11)21-17(16)27-22-15/h8,11-12H,4-7,9-10H2,1-3H3,(H,25,26). The number of amides is 1. The first kappa shape index (κ1) is 17.9. The second-order valence-corrected chi connectivity index (χ2v) is 8.99. The first-order valence-electron chi connectivity index (χ1n) is 9.54. The zero-order chi connectivity index (χ0) is 19.3. The molecule has 0 bridgehead atoms. The van der Waals surface area contributed by atoms with Crippen LogP contribution in [0.2, 0.25) is 0 Å². The molecule has 0 spiro atoms. The number of carboxylic acids is 1. The molecule has 2 fully saturated rings. The fourth-order valence-corrected chi connectivity index (χ4v) is 3.73. The maximum atomic E-state index is 13.3. The Labute approximate surface area is 157 Å². The molecule has 7 heteroatoms. The molecule has 144 valence electrons. The average molecular weight is 371 g/mol. The monoisotopic (exact) mass is 371 g/mol.